The second-order valence-electron chi connectivity index (χ2n) is 5.02. The number of hydrogen-bond acceptors (Lipinski definition) is 4. The molecule has 0 bridgehead atoms. The number of phenolic OH excluding ortho intramolecular Hbond substituents is 1. The summed E-state index contributed by atoms with van der Waals surface area (Å²) in [5.41, 5.74) is 0.438. The van der Waals surface area contributed by atoms with E-state index in [9.17, 15) is 19.6 Å². The van der Waals surface area contributed by atoms with Crippen molar-refractivity contribution in [1.82, 2.24) is 0 Å². The highest BCUT2D eigenvalue weighted by atomic mass is 31.2. The number of aliphatic hydroxyl groups is 1. The summed E-state index contributed by atoms with van der Waals surface area (Å²) in [6, 6.07) is 6.42. The van der Waals surface area contributed by atoms with Gasteiger partial charge < -0.3 is 20.0 Å². The molecule has 0 aromatic heterocycles. The second kappa shape index (κ2) is 6.91. The number of aromatic hydroxyl groups is 1. The van der Waals surface area contributed by atoms with E-state index in [1.54, 1.807) is 12.1 Å². The molecule has 1 aliphatic rings. The summed E-state index contributed by atoms with van der Waals surface area (Å²) in [6.45, 7) is 0. The molecule has 1 aromatic rings. The van der Waals surface area contributed by atoms with E-state index in [0.717, 1.165) is 5.56 Å². The molecule has 8 heteroatoms. The van der Waals surface area contributed by atoms with E-state index in [1.165, 1.54) is 24.3 Å². The normalized spacial score (nSPS) is 16.9. The number of allylic oxidation sites excluding steroid dienone is 3. The van der Waals surface area contributed by atoms with Crippen molar-refractivity contribution in [1.29, 1.82) is 0 Å². The van der Waals surface area contributed by atoms with Crippen LogP contribution in [-0.4, -0.2) is 31.5 Å². The Morgan fingerprint density at radius 2 is 2.00 bits per heavy atom. The van der Waals surface area contributed by atoms with Crippen LogP contribution in [0.4, 0.5) is 0 Å². The van der Waals surface area contributed by atoms with Crippen LogP contribution in [-0.2, 0) is 15.8 Å². The maximum absolute atomic E-state index is 12.3. The third-order valence-electron chi connectivity index (χ3n) is 3.21. The lowest BCUT2D eigenvalue weighted by atomic mass is 9.94. The first-order valence-electron chi connectivity index (χ1n) is 6.82. The summed E-state index contributed by atoms with van der Waals surface area (Å²) < 4.78 is 14.3. The minimum atomic E-state index is -4.70. The number of Topliss-reactive ketones (excluding diaryl/α,β-unsaturated/α-hetero) is 1. The van der Waals surface area contributed by atoms with Gasteiger partial charge in [0.05, 0.1) is 11.3 Å². The van der Waals surface area contributed by atoms with Gasteiger partial charge in [0.25, 0.3) is 0 Å². The van der Waals surface area contributed by atoms with Crippen LogP contribution in [0.2, 0.25) is 0 Å². The number of ketones is 1. The average Bonchev–Trinajstić information content (AvgIpc) is 2.43. The van der Waals surface area contributed by atoms with Crippen LogP contribution in [0.5, 0.6) is 5.75 Å². The van der Waals surface area contributed by atoms with Crippen LogP contribution in [0.1, 0.15) is 18.4 Å². The third-order valence-corrected chi connectivity index (χ3v) is 3.71. The molecule has 7 nitrogen and oxygen atoms in total. The molecule has 0 spiro atoms. The maximum atomic E-state index is 12.3. The predicted molar refractivity (Wildman–Crippen MR) is 84.3 cm³/mol. The lowest BCUT2D eigenvalue weighted by Gasteiger charge is -2.14. The first kappa shape index (κ1) is 17.1. The number of carbonyl (C=O) groups excluding carboxylic acids is 1. The van der Waals surface area contributed by atoms with Gasteiger partial charge in [-0.05, 0) is 30.2 Å². The molecule has 1 aromatic carbocycles. The van der Waals surface area contributed by atoms with E-state index >= 15 is 0 Å². The standard InChI is InChI=1S/C15H16NO6P/c17-11-4-1-3-10(9-11)7-8-14(19)15-12(16-23(20,21)22)5-2-6-13(15)18/h1-4,6,9,17-18H,5,7-8H2,(H2,20,21,22). The number of phenols is 1. The van der Waals surface area contributed by atoms with Crippen LogP contribution in [0.15, 0.2) is 52.5 Å². The smallest absolute Gasteiger partial charge is 0.448 e. The zero-order chi connectivity index (χ0) is 17.0. The summed E-state index contributed by atoms with van der Waals surface area (Å²) in [4.78, 5) is 30.2. The molecule has 23 heavy (non-hydrogen) atoms. The van der Waals surface area contributed by atoms with E-state index in [4.69, 9.17) is 9.79 Å². The number of nitrogens with zero attached hydrogens (tertiary/aromatic N) is 1. The van der Waals surface area contributed by atoms with Gasteiger partial charge in [-0.15, -0.1) is 0 Å². The van der Waals surface area contributed by atoms with Crippen molar-refractivity contribution in [3.05, 3.63) is 53.3 Å². The SMILES string of the molecule is O=C(CCc1cccc(O)c1)C1=C(O)C=CCC1=NP(=O)(O)O. The highest BCUT2D eigenvalue weighted by Gasteiger charge is 2.25. The van der Waals surface area contributed by atoms with Crippen LogP contribution in [0.3, 0.4) is 0 Å². The number of hydrogen-bond donors (Lipinski definition) is 4. The molecule has 0 fully saturated rings. The van der Waals surface area contributed by atoms with Crippen LogP contribution < -0.4 is 0 Å². The van der Waals surface area contributed by atoms with Gasteiger partial charge in [-0.1, -0.05) is 18.2 Å². The fourth-order valence-corrected chi connectivity index (χ4v) is 2.76. The van der Waals surface area contributed by atoms with Gasteiger partial charge in [0.1, 0.15) is 11.5 Å². The predicted octanol–water partition coefficient (Wildman–Crippen LogP) is 2.20. The molecule has 0 amide bonds. The van der Waals surface area contributed by atoms with Crippen molar-refractivity contribution in [2.24, 2.45) is 4.76 Å². The number of benzene rings is 1. The molecule has 0 heterocycles. The van der Waals surface area contributed by atoms with Crippen molar-refractivity contribution in [3.8, 4) is 5.75 Å². The zero-order valence-corrected chi connectivity index (χ0v) is 13.0. The molecule has 1 aliphatic carbocycles. The molecule has 4 N–H and O–H groups in total. The van der Waals surface area contributed by atoms with Gasteiger partial charge in [-0.25, -0.2) is 4.57 Å². The Balaban J connectivity index is 2.19. The van der Waals surface area contributed by atoms with Crippen molar-refractivity contribution >= 4 is 19.2 Å². The van der Waals surface area contributed by atoms with Gasteiger partial charge in [0.2, 0.25) is 0 Å². The van der Waals surface area contributed by atoms with Crippen molar-refractivity contribution in [3.63, 3.8) is 0 Å². The first-order chi connectivity index (χ1) is 10.8. The lowest BCUT2D eigenvalue weighted by Crippen LogP contribution is -2.18. The Kier molecular flexibility index (Phi) is 5.15. The Bertz CT molecular complexity index is 759. The van der Waals surface area contributed by atoms with E-state index in [0.29, 0.717) is 6.42 Å². The molecular weight excluding hydrogens is 321 g/mol. The summed E-state index contributed by atoms with van der Waals surface area (Å²) in [5.74, 6) is -0.742. The molecular formula is C15H16NO6P. The van der Waals surface area contributed by atoms with Gasteiger partial charge >= 0.3 is 7.75 Å². The van der Waals surface area contributed by atoms with Gasteiger partial charge in [-0.3, -0.25) is 4.79 Å². The van der Waals surface area contributed by atoms with Crippen molar-refractivity contribution in [2.45, 2.75) is 19.3 Å². The summed E-state index contributed by atoms with van der Waals surface area (Å²) >= 11 is 0. The first-order valence-corrected chi connectivity index (χ1v) is 8.38. The van der Waals surface area contributed by atoms with E-state index in [2.05, 4.69) is 4.76 Å². The summed E-state index contributed by atoms with van der Waals surface area (Å²) in [6.07, 6.45) is 3.16. The highest BCUT2D eigenvalue weighted by Crippen LogP contribution is 2.38. The second-order valence-corrected chi connectivity index (χ2v) is 6.25. The summed E-state index contributed by atoms with van der Waals surface area (Å²) in [5, 5.41) is 19.2. The minimum Gasteiger partial charge on any atom is -0.508 e. The largest absolute Gasteiger partial charge is 0.508 e. The number of aliphatic hydroxyl groups excluding tert-OH is 1. The molecule has 0 unspecified atom stereocenters. The third kappa shape index (κ3) is 4.89. The van der Waals surface area contributed by atoms with Crippen molar-refractivity contribution < 1.29 is 29.4 Å². The van der Waals surface area contributed by atoms with Crippen LogP contribution >= 0.6 is 7.75 Å². The van der Waals surface area contributed by atoms with Crippen molar-refractivity contribution in [2.75, 3.05) is 0 Å². The monoisotopic (exact) mass is 337 g/mol. The number of aryl methyl sites for hydroxylation is 1. The Morgan fingerprint density at radius 1 is 1.26 bits per heavy atom. The Morgan fingerprint density at radius 3 is 2.65 bits per heavy atom. The molecule has 0 atom stereocenters. The molecule has 0 radical (unpaired) electrons. The van der Waals surface area contributed by atoms with Crippen LogP contribution in [0, 0.1) is 0 Å². The van der Waals surface area contributed by atoms with E-state index in [1.807, 2.05) is 0 Å². The molecule has 0 saturated carbocycles. The van der Waals surface area contributed by atoms with Gasteiger partial charge in [-0.2, -0.15) is 4.76 Å². The molecule has 122 valence electrons. The molecule has 0 saturated heterocycles. The fraction of sp³-hybridized carbons (Fsp3) is 0.200. The van der Waals surface area contributed by atoms with Gasteiger partial charge in [0, 0.05) is 12.8 Å². The molecule has 2 rings (SSSR count). The van der Waals surface area contributed by atoms with Gasteiger partial charge in [0.15, 0.2) is 5.78 Å². The zero-order valence-electron chi connectivity index (χ0n) is 12.1. The van der Waals surface area contributed by atoms with E-state index < -0.39 is 13.5 Å². The Hall–Kier alpha value is -2.21. The minimum absolute atomic E-state index is 0.0108. The highest BCUT2D eigenvalue weighted by molar-refractivity contribution is 7.50. The maximum Gasteiger partial charge on any atom is 0.448 e. The number of carbonyl (C=O) groups is 1. The fourth-order valence-electron chi connectivity index (χ4n) is 2.26. The van der Waals surface area contributed by atoms with Crippen LogP contribution in [0.25, 0.3) is 0 Å². The number of rotatable bonds is 5. The Labute approximate surface area is 132 Å². The molecule has 0 aliphatic heterocycles. The van der Waals surface area contributed by atoms with E-state index in [-0.39, 0.29) is 35.6 Å². The topological polar surface area (TPSA) is 127 Å². The lowest BCUT2D eigenvalue weighted by molar-refractivity contribution is -0.115. The summed E-state index contributed by atoms with van der Waals surface area (Å²) in [7, 11) is -4.70. The quantitative estimate of drug-likeness (QED) is 0.610. The average molecular weight is 337 g/mol.